The number of aliphatic hydroxyl groups excluding tert-OH is 1. The lowest BCUT2D eigenvalue weighted by Gasteiger charge is -2.22. The zero-order chi connectivity index (χ0) is 12.5. The van der Waals surface area contributed by atoms with Crippen molar-refractivity contribution in [2.45, 2.75) is 25.0 Å². The molecule has 0 radical (unpaired) electrons. The van der Waals surface area contributed by atoms with Crippen LogP contribution in [-0.2, 0) is 4.74 Å². The Morgan fingerprint density at radius 3 is 2.89 bits per heavy atom. The van der Waals surface area contributed by atoms with Crippen molar-refractivity contribution in [2.24, 2.45) is 5.92 Å². The zero-order valence-electron chi connectivity index (χ0n) is 10.4. The van der Waals surface area contributed by atoms with E-state index < -0.39 is 6.10 Å². The quantitative estimate of drug-likeness (QED) is 0.897. The fraction of sp³-hybridized carbons (Fsp3) is 0.400. The van der Waals surface area contributed by atoms with Gasteiger partial charge in [0.15, 0.2) is 0 Å². The number of nitrogens with zero attached hydrogens (tertiary/aromatic N) is 1. The highest BCUT2D eigenvalue weighted by Gasteiger charge is 2.37. The number of benzene rings is 1. The molecule has 0 amide bonds. The molecule has 1 saturated carbocycles. The van der Waals surface area contributed by atoms with E-state index in [0.29, 0.717) is 5.92 Å². The monoisotopic (exact) mass is 243 g/mol. The van der Waals surface area contributed by atoms with Crippen LogP contribution in [0.3, 0.4) is 0 Å². The summed E-state index contributed by atoms with van der Waals surface area (Å²) in [6.45, 7) is 0. The minimum atomic E-state index is -0.561. The van der Waals surface area contributed by atoms with Crippen LogP contribution < -0.4 is 0 Å². The number of methoxy groups -OCH3 is 1. The van der Waals surface area contributed by atoms with Crippen LogP contribution in [0.15, 0.2) is 36.7 Å². The number of aromatic nitrogens is 1. The van der Waals surface area contributed by atoms with E-state index in [0.717, 1.165) is 29.2 Å². The van der Waals surface area contributed by atoms with Crippen LogP contribution in [0.2, 0.25) is 0 Å². The number of hydrogen-bond donors (Lipinski definition) is 1. The number of ether oxygens (including phenoxy) is 1. The molecule has 3 rings (SSSR count). The second kappa shape index (κ2) is 4.67. The maximum absolute atomic E-state index is 10.5. The standard InChI is InChI=1S/C15H17NO2/c1-18-15(10-5-6-10)14(17)13-4-2-3-11-9-16-8-7-12(11)13/h2-4,7-10,14-15,17H,5-6H2,1H3. The molecular weight excluding hydrogens is 226 g/mol. The number of hydrogen-bond acceptors (Lipinski definition) is 3. The van der Waals surface area contributed by atoms with Gasteiger partial charge in [0.2, 0.25) is 0 Å². The molecule has 94 valence electrons. The lowest BCUT2D eigenvalue weighted by Crippen LogP contribution is -2.23. The molecule has 1 aromatic carbocycles. The van der Waals surface area contributed by atoms with Crippen LogP contribution in [0.5, 0.6) is 0 Å². The number of pyridine rings is 1. The first-order valence-corrected chi connectivity index (χ1v) is 6.35. The summed E-state index contributed by atoms with van der Waals surface area (Å²) in [5, 5.41) is 12.7. The Hall–Kier alpha value is -1.45. The van der Waals surface area contributed by atoms with E-state index in [9.17, 15) is 5.11 Å². The van der Waals surface area contributed by atoms with Crippen LogP contribution in [0, 0.1) is 5.92 Å². The highest BCUT2D eigenvalue weighted by Crippen LogP contribution is 2.40. The molecule has 1 N–H and O–H groups in total. The molecule has 3 nitrogen and oxygen atoms in total. The Balaban J connectivity index is 2.02. The van der Waals surface area contributed by atoms with Crippen molar-refractivity contribution in [3.05, 3.63) is 42.2 Å². The lowest BCUT2D eigenvalue weighted by atomic mass is 9.96. The van der Waals surface area contributed by atoms with Gasteiger partial charge in [0.1, 0.15) is 6.10 Å². The van der Waals surface area contributed by atoms with E-state index in [-0.39, 0.29) is 6.10 Å². The van der Waals surface area contributed by atoms with Gasteiger partial charge in [0.25, 0.3) is 0 Å². The second-order valence-corrected chi connectivity index (χ2v) is 4.93. The molecule has 0 aliphatic heterocycles. The van der Waals surface area contributed by atoms with E-state index in [2.05, 4.69) is 4.98 Å². The predicted octanol–water partition coefficient (Wildman–Crippen LogP) is 2.69. The van der Waals surface area contributed by atoms with Crippen molar-refractivity contribution in [3.63, 3.8) is 0 Å². The second-order valence-electron chi connectivity index (χ2n) is 4.93. The SMILES string of the molecule is COC(C1CC1)C(O)c1cccc2cnccc12. The Kier molecular flexibility index (Phi) is 3.02. The van der Waals surface area contributed by atoms with Crippen molar-refractivity contribution < 1.29 is 9.84 Å². The van der Waals surface area contributed by atoms with Gasteiger partial charge < -0.3 is 9.84 Å². The molecule has 0 spiro atoms. The Labute approximate surface area is 106 Å². The molecule has 1 heterocycles. The highest BCUT2D eigenvalue weighted by atomic mass is 16.5. The first-order valence-electron chi connectivity index (χ1n) is 6.35. The third kappa shape index (κ3) is 2.00. The molecule has 2 atom stereocenters. The van der Waals surface area contributed by atoms with Crippen LogP contribution in [-0.4, -0.2) is 23.3 Å². The van der Waals surface area contributed by atoms with Crippen LogP contribution in [0.4, 0.5) is 0 Å². The predicted molar refractivity (Wildman–Crippen MR) is 70.2 cm³/mol. The summed E-state index contributed by atoms with van der Waals surface area (Å²) >= 11 is 0. The van der Waals surface area contributed by atoms with Gasteiger partial charge in [-0.25, -0.2) is 0 Å². The van der Waals surface area contributed by atoms with Crippen molar-refractivity contribution in [1.82, 2.24) is 4.98 Å². The number of aliphatic hydroxyl groups is 1. The summed E-state index contributed by atoms with van der Waals surface area (Å²) < 4.78 is 5.47. The smallest absolute Gasteiger partial charge is 0.106 e. The van der Waals surface area contributed by atoms with Crippen LogP contribution >= 0.6 is 0 Å². The Bertz CT molecular complexity index is 546. The lowest BCUT2D eigenvalue weighted by molar-refractivity contribution is -0.0252. The van der Waals surface area contributed by atoms with Gasteiger partial charge >= 0.3 is 0 Å². The summed E-state index contributed by atoms with van der Waals surface area (Å²) in [5.41, 5.74) is 0.939. The summed E-state index contributed by atoms with van der Waals surface area (Å²) in [6, 6.07) is 7.90. The van der Waals surface area contributed by atoms with Gasteiger partial charge in [-0.1, -0.05) is 18.2 Å². The minimum Gasteiger partial charge on any atom is -0.386 e. The fourth-order valence-corrected chi connectivity index (χ4v) is 2.59. The van der Waals surface area contributed by atoms with Gasteiger partial charge in [-0.05, 0) is 35.8 Å². The Morgan fingerprint density at radius 2 is 2.17 bits per heavy atom. The molecular formula is C15H17NO2. The molecule has 1 fully saturated rings. The highest BCUT2D eigenvalue weighted by molar-refractivity contribution is 5.85. The summed E-state index contributed by atoms with van der Waals surface area (Å²) in [5.74, 6) is 0.502. The molecule has 18 heavy (non-hydrogen) atoms. The topological polar surface area (TPSA) is 42.4 Å². The molecule has 0 saturated heterocycles. The average Bonchev–Trinajstić information content (AvgIpc) is 3.23. The first kappa shape index (κ1) is 11.6. The zero-order valence-corrected chi connectivity index (χ0v) is 10.4. The third-order valence-corrected chi connectivity index (χ3v) is 3.70. The van der Waals surface area contributed by atoms with Crippen molar-refractivity contribution in [3.8, 4) is 0 Å². The maximum Gasteiger partial charge on any atom is 0.106 e. The fourth-order valence-electron chi connectivity index (χ4n) is 2.59. The van der Waals surface area contributed by atoms with Gasteiger partial charge in [0, 0.05) is 24.9 Å². The van der Waals surface area contributed by atoms with E-state index in [4.69, 9.17) is 4.74 Å². The normalized spacial score (nSPS) is 18.8. The summed E-state index contributed by atoms with van der Waals surface area (Å²) in [7, 11) is 1.68. The van der Waals surface area contributed by atoms with Gasteiger partial charge in [-0.3, -0.25) is 4.98 Å². The first-order chi connectivity index (χ1) is 8.81. The average molecular weight is 243 g/mol. The third-order valence-electron chi connectivity index (χ3n) is 3.70. The molecule has 2 unspecified atom stereocenters. The molecule has 1 aromatic heterocycles. The van der Waals surface area contributed by atoms with E-state index in [1.807, 2.05) is 30.5 Å². The molecule has 1 aliphatic rings. The van der Waals surface area contributed by atoms with E-state index in [1.165, 1.54) is 0 Å². The van der Waals surface area contributed by atoms with Crippen LogP contribution in [0.1, 0.15) is 24.5 Å². The van der Waals surface area contributed by atoms with E-state index in [1.54, 1.807) is 13.3 Å². The summed E-state index contributed by atoms with van der Waals surface area (Å²) in [4.78, 5) is 4.11. The molecule has 0 bridgehead atoms. The number of rotatable bonds is 4. The van der Waals surface area contributed by atoms with Crippen LogP contribution in [0.25, 0.3) is 10.8 Å². The molecule has 1 aliphatic carbocycles. The largest absolute Gasteiger partial charge is 0.386 e. The van der Waals surface area contributed by atoms with Gasteiger partial charge in [0.05, 0.1) is 6.10 Å². The van der Waals surface area contributed by atoms with Gasteiger partial charge in [-0.2, -0.15) is 0 Å². The summed E-state index contributed by atoms with van der Waals surface area (Å²) in [6.07, 6.45) is 5.24. The molecule has 3 heteroatoms. The maximum atomic E-state index is 10.5. The van der Waals surface area contributed by atoms with Crippen molar-refractivity contribution in [1.29, 1.82) is 0 Å². The molecule has 2 aromatic rings. The van der Waals surface area contributed by atoms with Gasteiger partial charge in [-0.15, -0.1) is 0 Å². The van der Waals surface area contributed by atoms with Crippen molar-refractivity contribution >= 4 is 10.8 Å². The van der Waals surface area contributed by atoms with Crippen molar-refractivity contribution in [2.75, 3.05) is 7.11 Å². The Morgan fingerprint density at radius 1 is 1.33 bits per heavy atom. The number of fused-ring (bicyclic) bond motifs is 1. The van der Waals surface area contributed by atoms with E-state index >= 15 is 0 Å². The minimum absolute atomic E-state index is 0.0937.